The molecule has 0 aliphatic heterocycles. The van der Waals surface area contributed by atoms with E-state index in [0.717, 1.165) is 37.2 Å². The fourth-order valence-electron chi connectivity index (χ4n) is 5.38. The number of hydrogen-bond donors (Lipinski definition) is 0. The third kappa shape index (κ3) is 2.09. The molecule has 2 spiro atoms. The SMILES string of the molecule is COc1ccc([C@@H]2C[C@]23CC[C@@]2(C[C@H]2c2ccc(OC)cc2)C3=O)cc1. The smallest absolute Gasteiger partial charge is 0.146 e. The van der Waals surface area contributed by atoms with E-state index in [1.807, 2.05) is 24.3 Å². The molecular weight excluding hydrogens is 324 g/mol. The van der Waals surface area contributed by atoms with E-state index in [2.05, 4.69) is 24.3 Å². The maximum atomic E-state index is 13.4. The molecule has 0 N–H and O–H groups in total. The molecule has 4 atom stereocenters. The molecule has 5 rings (SSSR count). The van der Waals surface area contributed by atoms with E-state index in [4.69, 9.17) is 9.47 Å². The Morgan fingerprint density at radius 3 is 1.46 bits per heavy atom. The maximum Gasteiger partial charge on any atom is 0.146 e. The van der Waals surface area contributed by atoms with Crippen LogP contribution in [-0.4, -0.2) is 20.0 Å². The monoisotopic (exact) mass is 348 g/mol. The van der Waals surface area contributed by atoms with Gasteiger partial charge >= 0.3 is 0 Å². The molecule has 3 fully saturated rings. The van der Waals surface area contributed by atoms with Crippen LogP contribution in [0.4, 0.5) is 0 Å². The maximum absolute atomic E-state index is 13.4. The molecule has 0 radical (unpaired) electrons. The van der Waals surface area contributed by atoms with Crippen LogP contribution in [0.1, 0.15) is 48.6 Å². The Labute approximate surface area is 154 Å². The molecule has 3 aliphatic rings. The van der Waals surface area contributed by atoms with Gasteiger partial charge in [-0.15, -0.1) is 0 Å². The summed E-state index contributed by atoms with van der Waals surface area (Å²) in [6.07, 6.45) is 4.15. The molecule has 3 aliphatic carbocycles. The summed E-state index contributed by atoms with van der Waals surface area (Å²) in [7, 11) is 3.37. The highest BCUT2D eigenvalue weighted by Crippen LogP contribution is 2.78. The molecule has 0 saturated heterocycles. The lowest BCUT2D eigenvalue weighted by molar-refractivity contribution is -0.126. The zero-order chi connectivity index (χ0) is 17.9. The molecule has 0 aromatic heterocycles. The second-order valence-corrected chi connectivity index (χ2v) is 8.20. The minimum absolute atomic E-state index is 0.0875. The minimum Gasteiger partial charge on any atom is -0.497 e. The topological polar surface area (TPSA) is 35.5 Å². The molecule has 0 unspecified atom stereocenters. The van der Waals surface area contributed by atoms with Gasteiger partial charge in [0.2, 0.25) is 0 Å². The Balaban J connectivity index is 1.35. The second kappa shape index (κ2) is 5.35. The molecule has 0 heterocycles. The summed E-state index contributed by atoms with van der Waals surface area (Å²) < 4.78 is 10.5. The first-order valence-corrected chi connectivity index (χ1v) is 9.46. The molecule has 2 aromatic rings. The van der Waals surface area contributed by atoms with E-state index in [-0.39, 0.29) is 10.8 Å². The van der Waals surface area contributed by atoms with Crippen LogP contribution in [0.3, 0.4) is 0 Å². The first kappa shape index (κ1) is 15.9. The number of benzene rings is 2. The number of ether oxygens (including phenoxy) is 2. The third-order valence-corrected chi connectivity index (χ3v) is 7.11. The van der Waals surface area contributed by atoms with Crippen molar-refractivity contribution in [3.63, 3.8) is 0 Å². The Bertz CT molecular complexity index is 783. The lowest BCUT2D eigenvalue weighted by Gasteiger charge is -2.12. The van der Waals surface area contributed by atoms with E-state index in [1.54, 1.807) is 14.2 Å². The highest BCUT2D eigenvalue weighted by atomic mass is 16.5. The molecule has 0 amide bonds. The number of ketones is 1. The van der Waals surface area contributed by atoms with Gasteiger partial charge in [0, 0.05) is 10.8 Å². The summed E-state index contributed by atoms with van der Waals surface area (Å²) in [6, 6.07) is 16.5. The van der Waals surface area contributed by atoms with Crippen molar-refractivity contribution in [1.29, 1.82) is 0 Å². The number of hydrogen-bond acceptors (Lipinski definition) is 3. The van der Waals surface area contributed by atoms with Gasteiger partial charge in [0.1, 0.15) is 17.3 Å². The van der Waals surface area contributed by atoms with Gasteiger partial charge in [-0.1, -0.05) is 24.3 Å². The molecular formula is C23H24O3. The Kier molecular flexibility index (Phi) is 3.28. The molecule has 3 heteroatoms. The van der Waals surface area contributed by atoms with E-state index >= 15 is 0 Å². The Hall–Kier alpha value is -2.29. The van der Waals surface area contributed by atoms with Crippen LogP contribution >= 0.6 is 0 Å². The summed E-state index contributed by atoms with van der Waals surface area (Å²) in [5.41, 5.74) is 2.40. The van der Waals surface area contributed by atoms with Gasteiger partial charge in [0.05, 0.1) is 14.2 Å². The van der Waals surface area contributed by atoms with Crippen LogP contribution in [0.15, 0.2) is 48.5 Å². The number of rotatable bonds is 4. The van der Waals surface area contributed by atoms with E-state index in [0.29, 0.717) is 17.6 Å². The van der Waals surface area contributed by atoms with Crippen molar-refractivity contribution in [3.8, 4) is 11.5 Å². The molecule has 3 nitrogen and oxygen atoms in total. The highest BCUT2D eigenvalue weighted by molar-refractivity contribution is 5.99. The van der Waals surface area contributed by atoms with Crippen molar-refractivity contribution >= 4 is 5.78 Å². The van der Waals surface area contributed by atoms with Gasteiger partial charge in [-0.05, 0) is 72.9 Å². The lowest BCUT2D eigenvalue weighted by atomic mass is 9.91. The zero-order valence-corrected chi connectivity index (χ0v) is 15.3. The van der Waals surface area contributed by atoms with Gasteiger partial charge in [-0.3, -0.25) is 4.79 Å². The van der Waals surface area contributed by atoms with Crippen molar-refractivity contribution in [2.75, 3.05) is 14.2 Å². The minimum atomic E-state index is -0.0875. The van der Waals surface area contributed by atoms with Crippen molar-refractivity contribution in [3.05, 3.63) is 59.7 Å². The van der Waals surface area contributed by atoms with Crippen molar-refractivity contribution in [2.45, 2.75) is 37.5 Å². The van der Waals surface area contributed by atoms with E-state index < -0.39 is 0 Å². The molecule has 0 bridgehead atoms. The predicted octanol–water partition coefficient (Wildman–Crippen LogP) is 4.71. The van der Waals surface area contributed by atoms with Gasteiger partial charge in [0.15, 0.2) is 0 Å². The average molecular weight is 348 g/mol. The van der Waals surface area contributed by atoms with Crippen molar-refractivity contribution < 1.29 is 14.3 Å². The zero-order valence-electron chi connectivity index (χ0n) is 15.3. The average Bonchev–Trinajstić information content (AvgIpc) is 3.58. The quantitative estimate of drug-likeness (QED) is 0.802. The summed E-state index contributed by atoms with van der Waals surface area (Å²) in [4.78, 5) is 13.4. The normalized spacial score (nSPS) is 34.3. The molecule has 134 valence electrons. The fourth-order valence-corrected chi connectivity index (χ4v) is 5.38. The first-order valence-electron chi connectivity index (χ1n) is 9.46. The van der Waals surface area contributed by atoms with E-state index in [1.165, 1.54) is 11.1 Å². The number of carbonyl (C=O) groups is 1. The van der Waals surface area contributed by atoms with Crippen LogP contribution in [0, 0.1) is 10.8 Å². The van der Waals surface area contributed by atoms with Crippen LogP contribution in [0.25, 0.3) is 0 Å². The Morgan fingerprint density at radius 1 is 0.731 bits per heavy atom. The lowest BCUT2D eigenvalue weighted by Crippen LogP contribution is -2.19. The summed E-state index contributed by atoms with van der Waals surface area (Å²) in [5.74, 6) is 3.08. The fraction of sp³-hybridized carbons (Fsp3) is 0.435. The van der Waals surface area contributed by atoms with Gasteiger partial charge in [-0.25, -0.2) is 0 Å². The number of Topliss-reactive ketones (excluding diaryl/α,β-unsaturated/α-hetero) is 1. The van der Waals surface area contributed by atoms with Gasteiger partial charge in [-0.2, -0.15) is 0 Å². The van der Waals surface area contributed by atoms with Crippen molar-refractivity contribution in [1.82, 2.24) is 0 Å². The van der Waals surface area contributed by atoms with E-state index in [9.17, 15) is 4.79 Å². The molecule has 26 heavy (non-hydrogen) atoms. The van der Waals surface area contributed by atoms with Crippen LogP contribution in [-0.2, 0) is 4.79 Å². The van der Waals surface area contributed by atoms with Crippen LogP contribution < -0.4 is 9.47 Å². The summed E-state index contributed by atoms with van der Waals surface area (Å²) in [6.45, 7) is 0. The second-order valence-electron chi connectivity index (χ2n) is 8.20. The third-order valence-electron chi connectivity index (χ3n) is 7.11. The van der Waals surface area contributed by atoms with Gasteiger partial charge in [0.25, 0.3) is 0 Å². The highest BCUT2D eigenvalue weighted by Gasteiger charge is 2.75. The van der Waals surface area contributed by atoms with Gasteiger partial charge < -0.3 is 9.47 Å². The van der Waals surface area contributed by atoms with Crippen molar-refractivity contribution in [2.24, 2.45) is 10.8 Å². The first-order chi connectivity index (χ1) is 12.6. The largest absolute Gasteiger partial charge is 0.497 e. The standard InChI is InChI=1S/C23H24O3/c1-25-17-7-3-15(4-8-17)19-13-22(19)11-12-23(21(22)24)14-20(23)16-5-9-18(26-2)10-6-16/h3-10,19-20H,11-14H2,1-2H3/t19-,20-,22-,23+/m0/s1. The summed E-state index contributed by atoms with van der Waals surface area (Å²) in [5, 5.41) is 0. The summed E-state index contributed by atoms with van der Waals surface area (Å²) >= 11 is 0. The van der Waals surface area contributed by atoms with Crippen LogP contribution in [0.5, 0.6) is 11.5 Å². The Morgan fingerprint density at radius 2 is 1.12 bits per heavy atom. The number of carbonyl (C=O) groups excluding carboxylic acids is 1. The van der Waals surface area contributed by atoms with Crippen LogP contribution in [0.2, 0.25) is 0 Å². The molecule has 3 saturated carbocycles. The molecule has 2 aromatic carbocycles. The number of methoxy groups -OCH3 is 2. The predicted molar refractivity (Wildman–Crippen MR) is 99.8 cm³/mol.